The molecule has 0 amide bonds. The summed E-state index contributed by atoms with van der Waals surface area (Å²) in [6, 6.07) is 0.535. The van der Waals surface area contributed by atoms with Gasteiger partial charge in [0.1, 0.15) is 0 Å². The number of ether oxygens (including phenoxy) is 1. The third kappa shape index (κ3) is 1.90. The Bertz CT molecular complexity index is 291. The molecule has 0 spiro atoms. The van der Waals surface area contributed by atoms with Crippen molar-refractivity contribution in [2.24, 2.45) is 7.05 Å². The lowest BCUT2D eigenvalue weighted by molar-refractivity contribution is 0.00281. The summed E-state index contributed by atoms with van der Waals surface area (Å²) in [6.07, 6.45) is 6.40. The fourth-order valence-electron chi connectivity index (χ4n) is 1.74. The summed E-state index contributed by atoms with van der Waals surface area (Å²) in [5.41, 5.74) is 0. The van der Waals surface area contributed by atoms with Gasteiger partial charge in [-0.05, 0) is 19.8 Å². The largest absolute Gasteiger partial charge is 0.378 e. The van der Waals surface area contributed by atoms with Crippen LogP contribution in [0.2, 0.25) is 0 Å². The number of hydrogen-bond donors (Lipinski definition) is 1. The molecule has 1 saturated carbocycles. The summed E-state index contributed by atoms with van der Waals surface area (Å²) in [5, 5.41) is 3.39. The zero-order valence-corrected chi connectivity index (χ0v) is 8.73. The van der Waals surface area contributed by atoms with Gasteiger partial charge >= 0.3 is 0 Å². The van der Waals surface area contributed by atoms with Crippen molar-refractivity contribution in [1.29, 1.82) is 0 Å². The van der Waals surface area contributed by atoms with Crippen LogP contribution < -0.4 is 5.32 Å². The van der Waals surface area contributed by atoms with Crippen LogP contribution in [0.15, 0.2) is 12.4 Å². The van der Waals surface area contributed by atoms with E-state index in [2.05, 4.69) is 10.3 Å². The lowest BCUT2D eigenvalue weighted by atomic mass is 9.89. The van der Waals surface area contributed by atoms with Gasteiger partial charge in [0.05, 0.1) is 6.10 Å². The Kier molecular flexibility index (Phi) is 2.72. The normalized spacial score (nSPS) is 25.9. The first-order valence-corrected chi connectivity index (χ1v) is 5.15. The number of aryl methyl sites for hydroxylation is 1. The van der Waals surface area contributed by atoms with Crippen LogP contribution in [0.4, 0.5) is 5.95 Å². The van der Waals surface area contributed by atoms with Gasteiger partial charge in [-0.2, -0.15) is 0 Å². The number of nitrogens with one attached hydrogen (secondary N) is 1. The lowest BCUT2D eigenvalue weighted by Crippen LogP contribution is -2.41. The van der Waals surface area contributed by atoms with Crippen LogP contribution in [-0.4, -0.2) is 28.3 Å². The van der Waals surface area contributed by atoms with Crippen molar-refractivity contribution < 1.29 is 4.74 Å². The van der Waals surface area contributed by atoms with Gasteiger partial charge in [-0.25, -0.2) is 4.98 Å². The third-order valence-electron chi connectivity index (χ3n) is 2.65. The monoisotopic (exact) mass is 195 g/mol. The highest BCUT2D eigenvalue weighted by Gasteiger charge is 2.29. The molecule has 1 fully saturated rings. The maximum Gasteiger partial charge on any atom is 0.202 e. The first-order valence-electron chi connectivity index (χ1n) is 5.15. The van der Waals surface area contributed by atoms with Crippen LogP contribution in [0.1, 0.15) is 19.8 Å². The van der Waals surface area contributed by atoms with E-state index >= 15 is 0 Å². The first kappa shape index (κ1) is 9.52. The standard InChI is InChI=1S/C10H17N3O/c1-3-14-9-6-8(7-9)12-10-11-4-5-13(10)2/h4-5,8-9H,3,6-7H2,1-2H3,(H,11,12). The maximum absolute atomic E-state index is 5.49. The average molecular weight is 195 g/mol. The van der Waals surface area contributed by atoms with Crippen LogP contribution >= 0.6 is 0 Å². The number of rotatable bonds is 4. The summed E-state index contributed by atoms with van der Waals surface area (Å²) in [7, 11) is 1.99. The molecule has 1 aliphatic carbocycles. The first-order chi connectivity index (χ1) is 6.79. The van der Waals surface area contributed by atoms with Crippen molar-refractivity contribution >= 4 is 5.95 Å². The molecule has 78 valence electrons. The minimum Gasteiger partial charge on any atom is -0.378 e. The van der Waals surface area contributed by atoms with Crippen LogP contribution in [0.3, 0.4) is 0 Å². The second kappa shape index (κ2) is 4.00. The topological polar surface area (TPSA) is 39.1 Å². The van der Waals surface area contributed by atoms with E-state index in [9.17, 15) is 0 Å². The van der Waals surface area contributed by atoms with Crippen molar-refractivity contribution in [3.05, 3.63) is 12.4 Å². The van der Waals surface area contributed by atoms with Gasteiger partial charge in [-0.15, -0.1) is 0 Å². The minimum atomic E-state index is 0.456. The summed E-state index contributed by atoms with van der Waals surface area (Å²) in [5.74, 6) is 0.949. The fraction of sp³-hybridized carbons (Fsp3) is 0.700. The molecular formula is C10H17N3O. The molecule has 0 atom stereocenters. The predicted octanol–water partition coefficient (Wildman–Crippen LogP) is 1.40. The smallest absolute Gasteiger partial charge is 0.202 e. The molecule has 1 aromatic heterocycles. The number of imidazole rings is 1. The molecule has 0 aromatic carbocycles. The molecule has 0 aliphatic heterocycles. The van der Waals surface area contributed by atoms with Crippen molar-refractivity contribution in [1.82, 2.24) is 9.55 Å². The van der Waals surface area contributed by atoms with Crippen molar-refractivity contribution in [2.45, 2.75) is 31.9 Å². The zero-order chi connectivity index (χ0) is 9.97. The maximum atomic E-state index is 5.49. The molecule has 4 heteroatoms. The van der Waals surface area contributed by atoms with E-state index in [0.29, 0.717) is 12.1 Å². The van der Waals surface area contributed by atoms with E-state index in [-0.39, 0.29) is 0 Å². The molecule has 0 unspecified atom stereocenters. The van der Waals surface area contributed by atoms with Gasteiger partial charge in [-0.1, -0.05) is 0 Å². The van der Waals surface area contributed by atoms with Gasteiger partial charge < -0.3 is 14.6 Å². The Labute approximate surface area is 84.3 Å². The van der Waals surface area contributed by atoms with E-state index in [1.54, 1.807) is 6.20 Å². The van der Waals surface area contributed by atoms with Gasteiger partial charge in [0.2, 0.25) is 5.95 Å². The number of hydrogen-bond acceptors (Lipinski definition) is 3. The third-order valence-corrected chi connectivity index (χ3v) is 2.65. The van der Waals surface area contributed by atoms with Gasteiger partial charge in [0, 0.05) is 32.1 Å². The van der Waals surface area contributed by atoms with Crippen LogP contribution in [0.5, 0.6) is 0 Å². The molecule has 0 saturated heterocycles. The highest BCUT2D eigenvalue weighted by molar-refractivity contribution is 5.28. The zero-order valence-electron chi connectivity index (χ0n) is 8.73. The lowest BCUT2D eigenvalue weighted by Gasteiger charge is -2.35. The SMILES string of the molecule is CCOC1CC(Nc2nccn2C)C1. The number of nitrogens with zero attached hydrogens (tertiary/aromatic N) is 2. The molecule has 1 N–H and O–H groups in total. The van der Waals surface area contributed by atoms with Gasteiger partial charge in [0.15, 0.2) is 0 Å². The Balaban J connectivity index is 1.77. The number of aromatic nitrogens is 2. The molecule has 1 heterocycles. The van der Waals surface area contributed by atoms with Crippen molar-refractivity contribution in [3.8, 4) is 0 Å². The average Bonchev–Trinajstić information content (AvgIpc) is 2.48. The summed E-state index contributed by atoms with van der Waals surface area (Å²) >= 11 is 0. The quantitative estimate of drug-likeness (QED) is 0.789. The molecule has 14 heavy (non-hydrogen) atoms. The van der Waals surface area contributed by atoms with E-state index in [1.807, 2.05) is 24.7 Å². The van der Waals surface area contributed by atoms with Crippen LogP contribution in [-0.2, 0) is 11.8 Å². The Morgan fingerprint density at radius 1 is 1.64 bits per heavy atom. The highest BCUT2D eigenvalue weighted by atomic mass is 16.5. The highest BCUT2D eigenvalue weighted by Crippen LogP contribution is 2.25. The van der Waals surface area contributed by atoms with E-state index in [0.717, 1.165) is 25.4 Å². The number of anilines is 1. The molecule has 4 nitrogen and oxygen atoms in total. The second-order valence-electron chi connectivity index (χ2n) is 3.75. The Hall–Kier alpha value is -1.03. The van der Waals surface area contributed by atoms with Crippen LogP contribution in [0.25, 0.3) is 0 Å². The van der Waals surface area contributed by atoms with E-state index in [1.165, 1.54) is 0 Å². The molecular weight excluding hydrogens is 178 g/mol. The van der Waals surface area contributed by atoms with E-state index in [4.69, 9.17) is 4.74 Å². The predicted molar refractivity (Wildman–Crippen MR) is 55.3 cm³/mol. The molecule has 1 aromatic rings. The molecule has 0 bridgehead atoms. The molecule has 2 rings (SSSR count). The molecule has 0 radical (unpaired) electrons. The Morgan fingerprint density at radius 2 is 2.43 bits per heavy atom. The molecule has 1 aliphatic rings. The second-order valence-corrected chi connectivity index (χ2v) is 3.75. The summed E-state index contributed by atoms with van der Waals surface area (Å²) in [4.78, 5) is 4.22. The van der Waals surface area contributed by atoms with E-state index < -0.39 is 0 Å². The van der Waals surface area contributed by atoms with Gasteiger partial charge in [-0.3, -0.25) is 0 Å². The van der Waals surface area contributed by atoms with Gasteiger partial charge in [0.25, 0.3) is 0 Å². The summed E-state index contributed by atoms with van der Waals surface area (Å²) in [6.45, 7) is 2.86. The Morgan fingerprint density at radius 3 is 3.00 bits per heavy atom. The van der Waals surface area contributed by atoms with Crippen molar-refractivity contribution in [3.63, 3.8) is 0 Å². The summed E-state index contributed by atoms with van der Waals surface area (Å²) < 4.78 is 7.48. The fourth-order valence-corrected chi connectivity index (χ4v) is 1.74. The minimum absolute atomic E-state index is 0.456. The van der Waals surface area contributed by atoms with Crippen molar-refractivity contribution in [2.75, 3.05) is 11.9 Å². The van der Waals surface area contributed by atoms with Crippen LogP contribution in [0, 0.1) is 0 Å².